The van der Waals surface area contributed by atoms with Crippen molar-refractivity contribution in [2.24, 2.45) is 0 Å². The van der Waals surface area contributed by atoms with Gasteiger partial charge in [-0.15, -0.1) is 0 Å². The molecule has 3 heteroatoms. The molecule has 0 atom stereocenters. The number of rotatable bonds is 4. The van der Waals surface area contributed by atoms with Crippen LogP contribution in [0.25, 0.3) is 0 Å². The molecule has 2 aromatic rings. The SMILES string of the molecule is CCc1c(C)nc(CCc2ccccc2)nc1Cl. The molecule has 0 radical (unpaired) electrons. The molecular formula is C15H17ClN2. The molecule has 0 amide bonds. The highest BCUT2D eigenvalue weighted by Crippen LogP contribution is 2.17. The van der Waals surface area contributed by atoms with Crippen molar-refractivity contribution in [1.82, 2.24) is 9.97 Å². The third-order valence-electron chi connectivity index (χ3n) is 3.04. The number of hydrogen-bond acceptors (Lipinski definition) is 2. The summed E-state index contributed by atoms with van der Waals surface area (Å²) in [6, 6.07) is 10.4. The fourth-order valence-electron chi connectivity index (χ4n) is 2.03. The lowest BCUT2D eigenvalue weighted by molar-refractivity contribution is 0.832. The fourth-order valence-corrected chi connectivity index (χ4v) is 2.40. The summed E-state index contributed by atoms with van der Waals surface area (Å²) < 4.78 is 0. The maximum atomic E-state index is 6.17. The van der Waals surface area contributed by atoms with E-state index in [9.17, 15) is 0 Å². The Hall–Kier alpha value is -1.41. The lowest BCUT2D eigenvalue weighted by atomic mass is 10.1. The van der Waals surface area contributed by atoms with Crippen LogP contribution in [0, 0.1) is 6.92 Å². The number of halogens is 1. The zero-order valence-electron chi connectivity index (χ0n) is 10.8. The molecule has 1 aromatic carbocycles. The van der Waals surface area contributed by atoms with Crippen LogP contribution < -0.4 is 0 Å². The zero-order chi connectivity index (χ0) is 13.0. The largest absolute Gasteiger partial charge is 0.238 e. The standard InChI is InChI=1S/C15H17ClN2/c1-3-13-11(2)17-14(18-15(13)16)10-9-12-7-5-4-6-8-12/h4-8H,3,9-10H2,1-2H3. The molecule has 0 saturated carbocycles. The molecular weight excluding hydrogens is 244 g/mol. The van der Waals surface area contributed by atoms with E-state index in [1.807, 2.05) is 13.0 Å². The molecule has 0 aliphatic heterocycles. The summed E-state index contributed by atoms with van der Waals surface area (Å²) in [7, 11) is 0. The Bertz CT molecular complexity index is 500. The normalized spacial score (nSPS) is 10.6. The summed E-state index contributed by atoms with van der Waals surface area (Å²) >= 11 is 6.17. The van der Waals surface area contributed by atoms with Gasteiger partial charge in [0.15, 0.2) is 0 Å². The highest BCUT2D eigenvalue weighted by atomic mass is 35.5. The van der Waals surface area contributed by atoms with Crippen LogP contribution in [0.5, 0.6) is 0 Å². The molecule has 0 aliphatic rings. The first-order valence-corrected chi connectivity index (χ1v) is 6.64. The fraction of sp³-hybridized carbons (Fsp3) is 0.333. The van der Waals surface area contributed by atoms with E-state index in [1.54, 1.807) is 0 Å². The Labute approximate surface area is 113 Å². The second kappa shape index (κ2) is 5.96. The van der Waals surface area contributed by atoms with Gasteiger partial charge in [-0.25, -0.2) is 9.97 Å². The first kappa shape index (κ1) is 13.0. The maximum Gasteiger partial charge on any atom is 0.136 e. The summed E-state index contributed by atoms with van der Waals surface area (Å²) in [5.41, 5.74) is 3.36. The predicted octanol–water partition coefficient (Wildman–Crippen LogP) is 3.79. The second-order valence-corrected chi connectivity index (χ2v) is 4.69. The Morgan fingerprint density at radius 2 is 1.78 bits per heavy atom. The molecule has 0 aliphatic carbocycles. The van der Waals surface area contributed by atoms with Crippen LogP contribution in [0.3, 0.4) is 0 Å². The summed E-state index contributed by atoms with van der Waals surface area (Å²) in [5, 5.41) is 0.605. The van der Waals surface area contributed by atoms with E-state index in [1.165, 1.54) is 5.56 Å². The van der Waals surface area contributed by atoms with E-state index >= 15 is 0 Å². The van der Waals surface area contributed by atoms with Crippen molar-refractivity contribution >= 4 is 11.6 Å². The smallest absolute Gasteiger partial charge is 0.136 e. The van der Waals surface area contributed by atoms with Crippen molar-refractivity contribution in [2.45, 2.75) is 33.1 Å². The van der Waals surface area contributed by atoms with Crippen molar-refractivity contribution < 1.29 is 0 Å². The van der Waals surface area contributed by atoms with Gasteiger partial charge in [-0.3, -0.25) is 0 Å². The van der Waals surface area contributed by atoms with Gasteiger partial charge in [0.05, 0.1) is 0 Å². The number of aryl methyl sites for hydroxylation is 3. The van der Waals surface area contributed by atoms with Gasteiger partial charge in [0.25, 0.3) is 0 Å². The van der Waals surface area contributed by atoms with E-state index in [-0.39, 0.29) is 0 Å². The van der Waals surface area contributed by atoms with Crippen LogP contribution in [0.2, 0.25) is 5.15 Å². The second-order valence-electron chi connectivity index (χ2n) is 4.33. The van der Waals surface area contributed by atoms with Crippen molar-refractivity contribution in [3.05, 3.63) is 58.1 Å². The van der Waals surface area contributed by atoms with E-state index in [0.717, 1.165) is 36.3 Å². The Morgan fingerprint density at radius 3 is 2.39 bits per heavy atom. The molecule has 2 nitrogen and oxygen atoms in total. The molecule has 1 heterocycles. The van der Waals surface area contributed by atoms with Crippen molar-refractivity contribution in [1.29, 1.82) is 0 Å². The quantitative estimate of drug-likeness (QED) is 0.782. The van der Waals surface area contributed by atoms with Crippen molar-refractivity contribution in [3.63, 3.8) is 0 Å². The summed E-state index contributed by atoms with van der Waals surface area (Å²) in [6.07, 6.45) is 2.65. The lowest BCUT2D eigenvalue weighted by Gasteiger charge is -2.07. The Balaban J connectivity index is 2.11. The van der Waals surface area contributed by atoms with Crippen molar-refractivity contribution in [3.8, 4) is 0 Å². The van der Waals surface area contributed by atoms with Gasteiger partial charge in [-0.05, 0) is 25.3 Å². The molecule has 94 valence electrons. The van der Waals surface area contributed by atoms with Gasteiger partial charge in [0.2, 0.25) is 0 Å². The molecule has 0 fully saturated rings. The van der Waals surface area contributed by atoms with Crippen LogP contribution >= 0.6 is 11.6 Å². The summed E-state index contributed by atoms with van der Waals surface area (Å²) in [5.74, 6) is 0.832. The van der Waals surface area contributed by atoms with Gasteiger partial charge in [0, 0.05) is 17.7 Å². The highest BCUT2D eigenvalue weighted by Gasteiger charge is 2.08. The lowest BCUT2D eigenvalue weighted by Crippen LogP contribution is -2.04. The third kappa shape index (κ3) is 3.08. The maximum absolute atomic E-state index is 6.17. The number of hydrogen-bond donors (Lipinski definition) is 0. The van der Waals surface area contributed by atoms with E-state index in [0.29, 0.717) is 5.15 Å². The van der Waals surface area contributed by atoms with Crippen LogP contribution in [0.4, 0.5) is 0 Å². The first-order valence-electron chi connectivity index (χ1n) is 6.26. The monoisotopic (exact) mass is 260 g/mol. The van der Waals surface area contributed by atoms with Gasteiger partial charge in [-0.1, -0.05) is 48.9 Å². The van der Waals surface area contributed by atoms with Crippen molar-refractivity contribution in [2.75, 3.05) is 0 Å². The number of benzene rings is 1. The average molecular weight is 261 g/mol. The summed E-state index contributed by atoms with van der Waals surface area (Å²) in [6.45, 7) is 4.07. The van der Waals surface area contributed by atoms with Gasteiger partial charge in [-0.2, -0.15) is 0 Å². The molecule has 0 bridgehead atoms. The minimum Gasteiger partial charge on any atom is -0.238 e. The molecule has 0 spiro atoms. The number of nitrogens with zero attached hydrogens (tertiary/aromatic N) is 2. The Kier molecular flexibility index (Phi) is 4.32. The predicted molar refractivity (Wildman–Crippen MR) is 75.0 cm³/mol. The molecule has 0 saturated heterocycles. The molecule has 2 rings (SSSR count). The molecule has 1 aromatic heterocycles. The van der Waals surface area contributed by atoms with Crippen LogP contribution in [-0.4, -0.2) is 9.97 Å². The molecule has 0 unspecified atom stereocenters. The first-order chi connectivity index (χ1) is 8.70. The third-order valence-corrected chi connectivity index (χ3v) is 3.36. The zero-order valence-corrected chi connectivity index (χ0v) is 11.5. The van der Waals surface area contributed by atoms with Crippen LogP contribution in [0.15, 0.2) is 30.3 Å². The molecule has 18 heavy (non-hydrogen) atoms. The minimum absolute atomic E-state index is 0.605. The van der Waals surface area contributed by atoms with Crippen LogP contribution in [-0.2, 0) is 19.3 Å². The average Bonchev–Trinajstić information content (AvgIpc) is 2.37. The topological polar surface area (TPSA) is 25.8 Å². The van der Waals surface area contributed by atoms with Crippen LogP contribution in [0.1, 0.15) is 29.6 Å². The number of aromatic nitrogens is 2. The Morgan fingerprint density at radius 1 is 1.06 bits per heavy atom. The van der Waals surface area contributed by atoms with E-state index < -0.39 is 0 Å². The minimum atomic E-state index is 0.605. The van der Waals surface area contributed by atoms with Gasteiger partial charge < -0.3 is 0 Å². The van der Waals surface area contributed by atoms with Gasteiger partial charge >= 0.3 is 0 Å². The highest BCUT2D eigenvalue weighted by molar-refractivity contribution is 6.30. The van der Waals surface area contributed by atoms with Gasteiger partial charge in [0.1, 0.15) is 11.0 Å². The molecule has 0 N–H and O–H groups in total. The van der Waals surface area contributed by atoms with E-state index in [2.05, 4.69) is 41.2 Å². The summed E-state index contributed by atoms with van der Waals surface area (Å²) in [4.78, 5) is 8.90. The van der Waals surface area contributed by atoms with E-state index in [4.69, 9.17) is 11.6 Å².